The van der Waals surface area contributed by atoms with E-state index in [0.29, 0.717) is 17.9 Å². The molecule has 0 aliphatic carbocycles. The first-order valence-electron chi connectivity index (χ1n) is 8.73. The molecule has 1 saturated heterocycles. The SMILES string of the molecule is CC1CCN(CCNC(=O)CCc2nc3ccc(Cl)cc3[nH]2)CC1. The maximum Gasteiger partial charge on any atom is 0.220 e. The van der Waals surface area contributed by atoms with E-state index in [9.17, 15) is 4.79 Å². The number of fused-ring (bicyclic) bond motifs is 1. The van der Waals surface area contributed by atoms with Crippen LogP contribution in [0.3, 0.4) is 0 Å². The normalized spacial score (nSPS) is 16.6. The van der Waals surface area contributed by atoms with E-state index in [2.05, 4.69) is 27.1 Å². The van der Waals surface area contributed by atoms with Gasteiger partial charge in [-0.25, -0.2) is 4.98 Å². The van der Waals surface area contributed by atoms with Crippen molar-refractivity contribution in [3.05, 3.63) is 29.0 Å². The second kappa shape index (κ2) is 7.99. The van der Waals surface area contributed by atoms with E-state index in [1.165, 1.54) is 12.8 Å². The van der Waals surface area contributed by atoms with E-state index in [1.54, 1.807) is 0 Å². The summed E-state index contributed by atoms with van der Waals surface area (Å²) in [6, 6.07) is 5.56. The molecule has 1 amide bonds. The Morgan fingerprint density at radius 3 is 3.00 bits per heavy atom. The number of rotatable bonds is 6. The van der Waals surface area contributed by atoms with Gasteiger partial charge in [0.25, 0.3) is 0 Å². The Hall–Kier alpha value is -1.59. The zero-order valence-corrected chi connectivity index (χ0v) is 14.9. The Morgan fingerprint density at radius 1 is 1.42 bits per heavy atom. The van der Waals surface area contributed by atoms with Gasteiger partial charge in [-0.05, 0) is 50.0 Å². The summed E-state index contributed by atoms with van der Waals surface area (Å²) in [6.07, 6.45) is 3.60. The van der Waals surface area contributed by atoms with Crippen LogP contribution in [0.4, 0.5) is 0 Å². The summed E-state index contributed by atoms with van der Waals surface area (Å²) in [6.45, 7) is 6.28. The Morgan fingerprint density at radius 2 is 2.21 bits per heavy atom. The van der Waals surface area contributed by atoms with Crippen molar-refractivity contribution in [2.75, 3.05) is 26.2 Å². The van der Waals surface area contributed by atoms with Gasteiger partial charge in [-0.2, -0.15) is 0 Å². The number of benzene rings is 1. The second-order valence-electron chi connectivity index (χ2n) is 6.72. The standard InChI is InChI=1S/C18H25ClN4O/c1-13-6-9-23(10-7-13)11-8-20-18(24)5-4-17-21-15-3-2-14(19)12-16(15)22-17/h2-3,12-13H,4-11H2,1H3,(H,20,24)(H,21,22). The predicted octanol–water partition coefficient (Wildman–Crippen LogP) is 3.00. The average molecular weight is 349 g/mol. The fraction of sp³-hybridized carbons (Fsp3) is 0.556. The highest BCUT2D eigenvalue weighted by Crippen LogP contribution is 2.17. The van der Waals surface area contributed by atoms with Gasteiger partial charge in [0.15, 0.2) is 0 Å². The van der Waals surface area contributed by atoms with Crippen molar-refractivity contribution in [3.8, 4) is 0 Å². The second-order valence-corrected chi connectivity index (χ2v) is 7.16. The van der Waals surface area contributed by atoms with Gasteiger partial charge in [0.1, 0.15) is 5.82 Å². The molecule has 0 unspecified atom stereocenters. The number of hydrogen-bond acceptors (Lipinski definition) is 3. The van der Waals surface area contributed by atoms with Crippen molar-refractivity contribution in [1.29, 1.82) is 0 Å². The molecule has 0 atom stereocenters. The van der Waals surface area contributed by atoms with Crippen molar-refractivity contribution >= 4 is 28.5 Å². The van der Waals surface area contributed by atoms with Crippen molar-refractivity contribution in [1.82, 2.24) is 20.2 Å². The van der Waals surface area contributed by atoms with Crippen LogP contribution in [0, 0.1) is 5.92 Å². The smallest absolute Gasteiger partial charge is 0.220 e. The summed E-state index contributed by atoms with van der Waals surface area (Å²) < 4.78 is 0. The number of hydrogen-bond donors (Lipinski definition) is 2. The quantitative estimate of drug-likeness (QED) is 0.843. The van der Waals surface area contributed by atoms with Crippen LogP contribution < -0.4 is 5.32 Å². The predicted molar refractivity (Wildman–Crippen MR) is 97.3 cm³/mol. The summed E-state index contributed by atoms with van der Waals surface area (Å²) in [5.41, 5.74) is 1.80. The largest absolute Gasteiger partial charge is 0.355 e. The molecule has 6 heteroatoms. The molecule has 2 heterocycles. The van der Waals surface area contributed by atoms with Gasteiger partial charge in [-0.15, -0.1) is 0 Å². The average Bonchev–Trinajstić information content (AvgIpc) is 2.97. The van der Waals surface area contributed by atoms with Gasteiger partial charge < -0.3 is 15.2 Å². The van der Waals surface area contributed by atoms with Gasteiger partial charge in [-0.1, -0.05) is 18.5 Å². The molecule has 2 N–H and O–H groups in total. The van der Waals surface area contributed by atoms with Crippen molar-refractivity contribution in [2.45, 2.75) is 32.6 Å². The minimum Gasteiger partial charge on any atom is -0.355 e. The van der Waals surface area contributed by atoms with Gasteiger partial charge in [0.2, 0.25) is 5.91 Å². The van der Waals surface area contributed by atoms with Crippen LogP contribution in [-0.4, -0.2) is 47.0 Å². The fourth-order valence-electron chi connectivity index (χ4n) is 3.11. The van der Waals surface area contributed by atoms with E-state index < -0.39 is 0 Å². The zero-order chi connectivity index (χ0) is 16.9. The third-order valence-corrected chi connectivity index (χ3v) is 4.94. The highest BCUT2D eigenvalue weighted by molar-refractivity contribution is 6.31. The van der Waals surface area contributed by atoms with Crippen LogP contribution in [0.25, 0.3) is 11.0 Å². The van der Waals surface area contributed by atoms with Crippen LogP contribution in [-0.2, 0) is 11.2 Å². The van der Waals surface area contributed by atoms with Crippen LogP contribution in [0.1, 0.15) is 32.0 Å². The van der Waals surface area contributed by atoms with E-state index in [1.807, 2.05) is 18.2 Å². The first-order valence-corrected chi connectivity index (χ1v) is 9.11. The first-order chi connectivity index (χ1) is 11.6. The molecule has 2 aromatic rings. The Kier molecular flexibility index (Phi) is 5.74. The van der Waals surface area contributed by atoms with Crippen LogP contribution in [0.5, 0.6) is 0 Å². The summed E-state index contributed by atoms with van der Waals surface area (Å²) in [5, 5.41) is 3.69. The Labute approximate surface area is 147 Å². The molecule has 1 fully saturated rings. The molecule has 5 nitrogen and oxygen atoms in total. The number of imidazole rings is 1. The summed E-state index contributed by atoms with van der Waals surface area (Å²) >= 11 is 5.97. The lowest BCUT2D eigenvalue weighted by atomic mass is 9.99. The number of likely N-dealkylation sites (tertiary alicyclic amines) is 1. The van der Waals surface area contributed by atoms with Crippen LogP contribution in [0.15, 0.2) is 18.2 Å². The zero-order valence-electron chi connectivity index (χ0n) is 14.1. The summed E-state index contributed by atoms with van der Waals surface area (Å²) in [4.78, 5) is 22.1. The molecule has 130 valence electrons. The van der Waals surface area contributed by atoms with Gasteiger partial charge >= 0.3 is 0 Å². The van der Waals surface area contributed by atoms with E-state index in [4.69, 9.17) is 11.6 Å². The number of H-pyrrole nitrogens is 1. The number of carbonyl (C=O) groups is 1. The molecule has 1 aromatic carbocycles. The van der Waals surface area contributed by atoms with Crippen molar-refractivity contribution in [2.24, 2.45) is 5.92 Å². The minimum absolute atomic E-state index is 0.0823. The van der Waals surface area contributed by atoms with Crippen LogP contribution in [0.2, 0.25) is 5.02 Å². The molecule has 3 rings (SSSR count). The summed E-state index contributed by atoms with van der Waals surface area (Å²) in [7, 11) is 0. The minimum atomic E-state index is 0.0823. The molecule has 0 saturated carbocycles. The summed E-state index contributed by atoms with van der Waals surface area (Å²) in [5.74, 6) is 1.75. The highest BCUT2D eigenvalue weighted by atomic mass is 35.5. The fourth-order valence-corrected chi connectivity index (χ4v) is 3.28. The number of aromatic amines is 1. The maximum atomic E-state index is 12.0. The Bertz CT molecular complexity index is 691. The molecule has 0 spiro atoms. The number of carbonyl (C=O) groups excluding carboxylic acids is 1. The van der Waals surface area contributed by atoms with Gasteiger partial charge in [0.05, 0.1) is 11.0 Å². The van der Waals surface area contributed by atoms with E-state index >= 15 is 0 Å². The Balaban J connectivity index is 1.38. The van der Waals surface area contributed by atoms with Crippen molar-refractivity contribution < 1.29 is 4.79 Å². The van der Waals surface area contributed by atoms with Gasteiger partial charge in [0, 0.05) is 31.0 Å². The highest BCUT2D eigenvalue weighted by Gasteiger charge is 2.15. The third kappa shape index (κ3) is 4.71. The molecule has 24 heavy (non-hydrogen) atoms. The molecule has 0 bridgehead atoms. The number of nitrogens with zero attached hydrogens (tertiary/aromatic N) is 2. The number of amides is 1. The van der Waals surface area contributed by atoms with E-state index in [-0.39, 0.29) is 5.91 Å². The molecule has 0 radical (unpaired) electrons. The molecule has 1 aliphatic rings. The lowest BCUT2D eigenvalue weighted by Gasteiger charge is -2.30. The topological polar surface area (TPSA) is 61.0 Å². The monoisotopic (exact) mass is 348 g/mol. The number of nitrogens with one attached hydrogen (secondary N) is 2. The number of piperidine rings is 1. The van der Waals surface area contributed by atoms with Crippen LogP contribution >= 0.6 is 11.6 Å². The molecule has 1 aliphatic heterocycles. The lowest BCUT2D eigenvalue weighted by Crippen LogP contribution is -2.39. The number of aryl methyl sites for hydroxylation is 1. The third-order valence-electron chi connectivity index (χ3n) is 4.71. The molecular formula is C18H25ClN4O. The number of aromatic nitrogens is 2. The lowest BCUT2D eigenvalue weighted by molar-refractivity contribution is -0.121. The molecule has 1 aromatic heterocycles. The van der Waals surface area contributed by atoms with Gasteiger partial charge in [-0.3, -0.25) is 4.79 Å². The molecular weight excluding hydrogens is 324 g/mol. The maximum absolute atomic E-state index is 12.0. The van der Waals surface area contributed by atoms with E-state index in [0.717, 1.165) is 49.0 Å². The van der Waals surface area contributed by atoms with Crippen molar-refractivity contribution in [3.63, 3.8) is 0 Å². The first kappa shape index (κ1) is 17.2. The number of halogens is 1.